The van der Waals surface area contributed by atoms with Crippen LogP contribution in [0.15, 0.2) is 78.6 Å². The molecule has 2 aliphatic heterocycles. The Bertz CT molecular complexity index is 1220. The van der Waals surface area contributed by atoms with Gasteiger partial charge in [0.15, 0.2) is 0 Å². The zero-order valence-electron chi connectivity index (χ0n) is 17.6. The van der Waals surface area contributed by atoms with E-state index < -0.39 is 17.7 Å². The predicted molar refractivity (Wildman–Crippen MR) is 119 cm³/mol. The molecule has 0 saturated carbocycles. The summed E-state index contributed by atoms with van der Waals surface area (Å²) in [5.74, 6) is -0.739. The van der Waals surface area contributed by atoms with Gasteiger partial charge in [0.2, 0.25) is 0 Å². The van der Waals surface area contributed by atoms with Crippen molar-refractivity contribution >= 4 is 17.4 Å². The number of ketones is 1. The van der Waals surface area contributed by atoms with Gasteiger partial charge in [-0.15, -0.1) is 0 Å². The van der Waals surface area contributed by atoms with Crippen LogP contribution in [0.25, 0.3) is 5.76 Å². The highest BCUT2D eigenvalue weighted by molar-refractivity contribution is 6.46. The Kier molecular flexibility index (Phi) is 4.98. The minimum atomic E-state index is -0.729. The fourth-order valence-electron chi connectivity index (χ4n) is 4.43. The van der Waals surface area contributed by atoms with Crippen molar-refractivity contribution in [3.8, 4) is 5.75 Å². The maximum Gasteiger partial charge on any atom is 0.295 e. The standard InChI is InChI=1S/C26H22N2O4/c1-16-12-20-13-18(9-10-21(20)32-16)24(29)22-23(19-8-5-11-27-14-19)28(26(31)25(22)30)15-17-6-3-2-4-7-17/h2-11,13-14,16,23,29H,12,15H2,1H3/b24-22+. The number of benzene rings is 2. The molecule has 1 saturated heterocycles. The Balaban J connectivity index is 1.62. The average molecular weight is 426 g/mol. The van der Waals surface area contributed by atoms with Crippen LogP contribution in [0.1, 0.15) is 35.2 Å². The molecule has 32 heavy (non-hydrogen) atoms. The van der Waals surface area contributed by atoms with Gasteiger partial charge in [-0.2, -0.15) is 0 Å². The number of Topliss-reactive ketones (excluding diaryl/α,β-unsaturated/α-hetero) is 1. The lowest BCUT2D eigenvalue weighted by Crippen LogP contribution is -2.29. The van der Waals surface area contributed by atoms with E-state index in [1.807, 2.05) is 49.4 Å². The van der Waals surface area contributed by atoms with Crippen molar-refractivity contribution in [2.75, 3.05) is 0 Å². The third kappa shape index (κ3) is 3.43. The summed E-state index contributed by atoms with van der Waals surface area (Å²) < 4.78 is 5.74. The quantitative estimate of drug-likeness (QED) is 0.387. The SMILES string of the molecule is CC1Cc2cc(/C(O)=C3\C(=O)C(=O)N(Cc4ccccc4)C3c3cccnc3)ccc2O1. The van der Waals surface area contributed by atoms with E-state index in [-0.39, 0.29) is 24.0 Å². The van der Waals surface area contributed by atoms with Gasteiger partial charge in [0.05, 0.1) is 11.6 Å². The van der Waals surface area contributed by atoms with Crippen molar-refractivity contribution in [1.29, 1.82) is 0 Å². The van der Waals surface area contributed by atoms with Crippen molar-refractivity contribution in [2.45, 2.75) is 32.0 Å². The van der Waals surface area contributed by atoms with E-state index in [2.05, 4.69) is 4.98 Å². The Hall–Kier alpha value is -3.93. The second kappa shape index (κ2) is 7.96. The Morgan fingerprint density at radius 2 is 1.94 bits per heavy atom. The zero-order chi connectivity index (χ0) is 22.2. The molecule has 2 unspecified atom stereocenters. The average Bonchev–Trinajstić information content (AvgIpc) is 3.31. The van der Waals surface area contributed by atoms with E-state index in [4.69, 9.17) is 4.74 Å². The molecule has 0 radical (unpaired) electrons. The highest BCUT2D eigenvalue weighted by atomic mass is 16.5. The van der Waals surface area contributed by atoms with Gasteiger partial charge in [-0.05, 0) is 47.9 Å². The van der Waals surface area contributed by atoms with Gasteiger partial charge in [0.25, 0.3) is 11.7 Å². The van der Waals surface area contributed by atoms with Crippen molar-refractivity contribution < 1.29 is 19.4 Å². The van der Waals surface area contributed by atoms with Gasteiger partial charge in [-0.1, -0.05) is 36.4 Å². The first-order valence-corrected chi connectivity index (χ1v) is 10.5. The van der Waals surface area contributed by atoms with Crippen LogP contribution < -0.4 is 4.74 Å². The highest BCUT2D eigenvalue weighted by Crippen LogP contribution is 2.41. The molecule has 1 aromatic heterocycles. The number of likely N-dealkylation sites (tertiary alicyclic amines) is 1. The first-order valence-electron chi connectivity index (χ1n) is 10.5. The molecule has 1 amide bonds. The molecule has 0 bridgehead atoms. The maximum absolute atomic E-state index is 13.1. The van der Waals surface area contributed by atoms with Crippen LogP contribution in [0, 0.1) is 0 Å². The first kappa shape index (κ1) is 20.0. The summed E-state index contributed by atoms with van der Waals surface area (Å²) >= 11 is 0. The van der Waals surface area contributed by atoms with Crippen molar-refractivity contribution in [3.05, 3.63) is 101 Å². The van der Waals surface area contributed by atoms with Gasteiger partial charge in [-0.25, -0.2) is 0 Å². The summed E-state index contributed by atoms with van der Waals surface area (Å²) in [7, 11) is 0. The summed E-state index contributed by atoms with van der Waals surface area (Å²) in [6.07, 6.45) is 4.05. The van der Waals surface area contributed by atoms with E-state index in [0.29, 0.717) is 11.1 Å². The third-order valence-corrected chi connectivity index (χ3v) is 5.91. The molecule has 1 fully saturated rings. The third-order valence-electron chi connectivity index (χ3n) is 5.91. The van der Waals surface area contributed by atoms with Crippen LogP contribution >= 0.6 is 0 Å². The van der Waals surface area contributed by atoms with E-state index >= 15 is 0 Å². The number of amides is 1. The Labute approximate surface area is 185 Å². The molecule has 3 aromatic rings. The zero-order valence-corrected chi connectivity index (χ0v) is 17.6. The van der Waals surface area contributed by atoms with Gasteiger partial charge < -0.3 is 14.7 Å². The fraction of sp³-hybridized carbons (Fsp3) is 0.192. The van der Waals surface area contributed by atoms with Crippen LogP contribution in [0.3, 0.4) is 0 Å². The van der Waals surface area contributed by atoms with E-state index in [0.717, 1.165) is 23.3 Å². The normalized spacial score (nSPS) is 21.5. The predicted octanol–water partition coefficient (Wildman–Crippen LogP) is 4.03. The fourth-order valence-corrected chi connectivity index (χ4v) is 4.43. The number of carbonyl (C=O) groups excluding carboxylic acids is 2. The lowest BCUT2D eigenvalue weighted by atomic mass is 9.95. The molecule has 6 heteroatoms. The van der Waals surface area contributed by atoms with Gasteiger partial charge >= 0.3 is 0 Å². The monoisotopic (exact) mass is 426 g/mol. The maximum atomic E-state index is 13.1. The molecule has 6 nitrogen and oxygen atoms in total. The van der Waals surface area contributed by atoms with E-state index in [1.54, 1.807) is 30.6 Å². The van der Waals surface area contributed by atoms with Crippen LogP contribution in [0.2, 0.25) is 0 Å². The molecular formula is C26H22N2O4. The van der Waals surface area contributed by atoms with Crippen molar-refractivity contribution in [1.82, 2.24) is 9.88 Å². The summed E-state index contributed by atoms with van der Waals surface area (Å²) in [4.78, 5) is 31.9. The van der Waals surface area contributed by atoms with Gasteiger partial charge in [0, 0.05) is 30.9 Å². The first-order chi connectivity index (χ1) is 15.5. The lowest BCUT2D eigenvalue weighted by Gasteiger charge is -2.25. The number of hydrogen-bond acceptors (Lipinski definition) is 5. The molecule has 2 atom stereocenters. The number of aromatic nitrogens is 1. The van der Waals surface area contributed by atoms with Gasteiger partial charge in [0.1, 0.15) is 17.6 Å². The number of pyridine rings is 1. The second-order valence-electron chi connectivity index (χ2n) is 8.15. The molecule has 5 rings (SSSR count). The number of fused-ring (bicyclic) bond motifs is 1. The highest BCUT2D eigenvalue weighted by Gasteiger charge is 2.46. The molecule has 2 aromatic carbocycles. The van der Waals surface area contributed by atoms with E-state index in [9.17, 15) is 14.7 Å². The van der Waals surface area contributed by atoms with Crippen LogP contribution in [0.5, 0.6) is 5.75 Å². The molecule has 0 aliphatic carbocycles. The smallest absolute Gasteiger partial charge is 0.295 e. The minimum absolute atomic E-state index is 0.0641. The summed E-state index contributed by atoms with van der Waals surface area (Å²) in [6, 6.07) is 17.7. The lowest BCUT2D eigenvalue weighted by molar-refractivity contribution is -0.140. The number of nitrogens with zero attached hydrogens (tertiary/aromatic N) is 2. The molecule has 2 aliphatic rings. The minimum Gasteiger partial charge on any atom is -0.507 e. The Morgan fingerprint density at radius 3 is 2.69 bits per heavy atom. The molecule has 1 N–H and O–H groups in total. The molecule has 160 valence electrons. The summed E-state index contributed by atoms with van der Waals surface area (Å²) in [5.41, 5.74) is 3.10. The van der Waals surface area contributed by atoms with Crippen molar-refractivity contribution in [2.24, 2.45) is 0 Å². The number of aliphatic hydroxyl groups excluding tert-OH is 1. The summed E-state index contributed by atoms with van der Waals surface area (Å²) in [5, 5.41) is 11.2. The van der Waals surface area contributed by atoms with Crippen LogP contribution in [-0.2, 0) is 22.6 Å². The Morgan fingerprint density at radius 1 is 1.12 bits per heavy atom. The number of carbonyl (C=O) groups is 2. The molecule has 3 heterocycles. The number of hydrogen-bond donors (Lipinski definition) is 1. The van der Waals surface area contributed by atoms with Gasteiger partial charge in [-0.3, -0.25) is 14.6 Å². The molecule has 0 spiro atoms. The number of aliphatic hydroxyl groups is 1. The number of rotatable bonds is 4. The topological polar surface area (TPSA) is 79.7 Å². The largest absolute Gasteiger partial charge is 0.507 e. The number of ether oxygens (including phenoxy) is 1. The molecular weight excluding hydrogens is 404 g/mol. The van der Waals surface area contributed by atoms with E-state index in [1.165, 1.54) is 4.90 Å². The van der Waals surface area contributed by atoms with Crippen LogP contribution in [-0.4, -0.2) is 32.8 Å². The van der Waals surface area contributed by atoms with Crippen LogP contribution in [0.4, 0.5) is 0 Å². The summed E-state index contributed by atoms with van der Waals surface area (Å²) in [6.45, 7) is 2.23. The van der Waals surface area contributed by atoms with Crippen molar-refractivity contribution in [3.63, 3.8) is 0 Å². The second-order valence-corrected chi connectivity index (χ2v) is 8.15.